The molecule has 0 aliphatic carbocycles. The molecular weight excluding hydrogens is 420 g/mol. The van der Waals surface area contributed by atoms with E-state index in [1.807, 2.05) is 11.5 Å². The number of hydrogen-bond donors (Lipinski definition) is 1. The van der Waals surface area contributed by atoms with Crippen LogP contribution in [-0.4, -0.2) is 58.6 Å². The number of carbonyl (C=O) groups is 3. The number of imide groups is 1. The molecule has 0 radical (unpaired) electrons. The monoisotopic (exact) mass is 444 g/mol. The minimum Gasteiger partial charge on any atom is -0.344 e. The van der Waals surface area contributed by atoms with Crippen molar-refractivity contribution in [3.63, 3.8) is 0 Å². The molecule has 2 aromatic rings. The van der Waals surface area contributed by atoms with Gasteiger partial charge in [0.25, 0.3) is 5.91 Å². The Kier molecular flexibility index (Phi) is 5.00. The number of urea groups is 1. The molecule has 10 heteroatoms. The van der Waals surface area contributed by atoms with Gasteiger partial charge in [0, 0.05) is 29.2 Å². The minimum absolute atomic E-state index is 0.0481. The van der Waals surface area contributed by atoms with Crippen LogP contribution in [0, 0.1) is 13.8 Å². The second-order valence-corrected chi connectivity index (χ2v) is 10.5. The van der Waals surface area contributed by atoms with E-state index in [0.29, 0.717) is 23.4 Å². The lowest BCUT2D eigenvalue weighted by Crippen LogP contribution is -2.42. The Bertz CT molecular complexity index is 1190. The Morgan fingerprint density at radius 1 is 1.29 bits per heavy atom. The van der Waals surface area contributed by atoms with Crippen LogP contribution in [0.15, 0.2) is 30.5 Å². The average molecular weight is 445 g/mol. The zero-order valence-corrected chi connectivity index (χ0v) is 18.4. The van der Waals surface area contributed by atoms with Crippen LogP contribution in [0.25, 0.3) is 0 Å². The summed E-state index contributed by atoms with van der Waals surface area (Å²) < 4.78 is 25.6. The third-order valence-electron chi connectivity index (χ3n) is 6.11. The highest BCUT2D eigenvalue weighted by Gasteiger charge is 2.50. The summed E-state index contributed by atoms with van der Waals surface area (Å²) in [5.74, 6) is -0.742. The molecular formula is C21H24N4O5S. The summed E-state index contributed by atoms with van der Waals surface area (Å²) >= 11 is 0. The Balaban J connectivity index is 1.57. The normalized spacial score (nSPS) is 25.1. The molecule has 2 aliphatic rings. The summed E-state index contributed by atoms with van der Waals surface area (Å²) in [5.41, 5.74) is 0.855. The highest BCUT2D eigenvalue weighted by molar-refractivity contribution is 7.91. The Morgan fingerprint density at radius 3 is 2.65 bits per heavy atom. The maximum atomic E-state index is 13.0. The summed E-state index contributed by atoms with van der Waals surface area (Å²) in [6, 6.07) is 5.91. The van der Waals surface area contributed by atoms with E-state index < -0.39 is 33.9 Å². The third-order valence-corrected chi connectivity index (χ3v) is 7.86. The number of nitrogens with one attached hydrogen (secondary N) is 1. The fourth-order valence-electron chi connectivity index (χ4n) is 4.50. The summed E-state index contributed by atoms with van der Waals surface area (Å²) in [5, 5.41) is 2.64. The van der Waals surface area contributed by atoms with Gasteiger partial charge < -0.3 is 9.88 Å². The maximum Gasteiger partial charge on any atom is 0.325 e. The molecule has 2 atom stereocenters. The van der Waals surface area contributed by atoms with E-state index in [-0.39, 0.29) is 23.3 Å². The molecule has 4 rings (SSSR count). The highest BCUT2D eigenvalue weighted by atomic mass is 32.2. The first-order valence-corrected chi connectivity index (χ1v) is 11.8. The molecule has 31 heavy (non-hydrogen) atoms. The first-order chi connectivity index (χ1) is 14.5. The van der Waals surface area contributed by atoms with Gasteiger partial charge in [-0.1, -0.05) is 6.07 Å². The van der Waals surface area contributed by atoms with Gasteiger partial charge in [-0.05, 0) is 45.4 Å². The van der Waals surface area contributed by atoms with Crippen LogP contribution in [0.4, 0.5) is 4.79 Å². The van der Waals surface area contributed by atoms with E-state index >= 15 is 0 Å². The molecule has 1 N–H and O–H groups in total. The standard InChI is InChI=1S/C21H24N4O5S/c1-13-10-16(14(2)25(13)15-7-9-31(29,30)12-15)17(26)11-24-19(27)21(3,23-20(24)28)18-6-4-5-8-22-18/h4-6,8,10,15H,7,9,11-12H2,1-3H3,(H,23,28). The third kappa shape index (κ3) is 3.54. The van der Waals surface area contributed by atoms with Gasteiger partial charge in [0.1, 0.15) is 0 Å². The lowest BCUT2D eigenvalue weighted by atomic mass is 9.97. The zero-order chi connectivity index (χ0) is 22.6. The maximum absolute atomic E-state index is 13.0. The molecule has 0 saturated carbocycles. The van der Waals surface area contributed by atoms with Gasteiger partial charge in [-0.2, -0.15) is 0 Å². The van der Waals surface area contributed by atoms with Gasteiger partial charge >= 0.3 is 6.03 Å². The van der Waals surface area contributed by atoms with Crippen molar-refractivity contribution >= 4 is 27.6 Å². The van der Waals surface area contributed by atoms with Crippen molar-refractivity contribution < 1.29 is 22.8 Å². The van der Waals surface area contributed by atoms with Crippen molar-refractivity contribution in [3.8, 4) is 0 Å². The second kappa shape index (κ2) is 7.30. The van der Waals surface area contributed by atoms with Crippen molar-refractivity contribution in [3.05, 3.63) is 53.1 Å². The van der Waals surface area contributed by atoms with Crippen molar-refractivity contribution in [2.75, 3.05) is 18.1 Å². The van der Waals surface area contributed by atoms with Crippen LogP contribution in [-0.2, 0) is 20.2 Å². The van der Waals surface area contributed by atoms with E-state index in [0.717, 1.165) is 10.6 Å². The summed E-state index contributed by atoms with van der Waals surface area (Å²) in [7, 11) is -3.08. The number of ketones is 1. The largest absolute Gasteiger partial charge is 0.344 e. The zero-order valence-electron chi connectivity index (χ0n) is 17.6. The minimum atomic E-state index is -3.08. The lowest BCUT2D eigenvalue weighted by molar-refractivity contribution is -0.130. The second-order valence-electron chi connectivity index (χ2n) is 8.30. The van der Waals surface area contributed by atoms with Gasteiger partial charge in [-0.3, -0.25) is 19.5 Å². The molecule has 2 unspecified atom stereocenters. The van der Waals surface area contributed by atoms with Gasteiger partial charge in [-0.25, -0.2) is 13.2 Å². The first-order valence-electron chi connectivity index (χ1n) is 10.0. The molecule has 0 aromatic carbocycles. The number of rotatable bonds is 5. The molecule has 9 nitrogen and oxygen atoms in total. The Hall–Kier alpha value is -3.01. The van der Waals surface area contributed by atoms with Crippen LogP contribution < -0.4 is 5.32 Å². The summed E-state index contributed by atoms with van der Waals surface area (Å²) in [6.07, 6.45) is 2.04. The van der Waals surface area contributed by atoms with Gasteiger partial charge in [0.15, 0.2) is 21.2 Å². The van der Waals surface area contributed by atoms with Gasteiger partial charge in [0.05, 0.1) is 23.7 Å². The number of nitrogens with zero attached hydrogens (tertiary/aromatic N) is 3. The van der Waals surface area contributed by atoms with Crippen molar-refractivity contribution in [2.45, 2.75) is 38.8 Å². The van der Waals surface area contributed by atoms with E-state index in [2.05, 4.69) is 10.3 Å². The number of amides is 3. The van der Waals surface area contributed by atoms with Crippen molar-refractivity contribution in [1.29, 1.82) is 0 Å². The van der Waals surface area contributed by atoms with Crippen LogP contribution in [0.2, 0.25) is 0 Å². The number of pyridine rings is 1. The first kappa shape index (κ1) is 21.2. The number of carbonyl (C=O) groups excluding carboxylic acids is 3. The lowest BCUT2D eigenvalue weighted by Gasteiger charge is -2.20. The van der Waals surface area contributed by atoms with Crippen LogP contribution in [0.1, 0.15) is 46.8 Å². The summed E-state index contributed by atoms with van der Waals surface area (Å²) in [4.78, 5) is 43.7. The smallest absolute Gasteiger partial charge is 0.325 e. The van der Waals surface area contributed by atoms with Crippen molar-refractivity contribution in [1.82, 2.24) is 19.8 Å². The van der Waals surface area contributed by atoms with E-state index in [4.69, 9.17) is 0 Å². The summed E-state index contributed by atoms with van der Waals surface area (Å²) in [6.45, 7) is 4.74. The molecule has 4 heterocycles. The molecule has 0 bridgehead atoms. The molecule has 164 valence electrons. The van der Waals surface area contributed by atoms with Crippen molar-refractivity contribution in [2.24, 2.45) is 0 Å². The molecule has 2 aromatic heterocycles. The fourth-order valence-corrected chi connectivity index (χ4v) is 6.20. The Labute approximate surface area is 180 Å². The molecule has 0 spiro atoms. The number of hydrogen-bond acceptors (Lipinski definition) is 6. The molecule has 2 fully saturated rings. The van der Waals surface area contributed by atoms with E-state index in [9.17, 15) is 22.8 Å². The molecule has 2 saturated heterocycles. The van der Waals surface area contributed by atoms with Crippen LogP contribution in [0.3, 0.4) is 0 Å². The molecule has 3 amide bonds. The quantitative estimate of drug-likeness (QED) is 0.552. The topological polar surface area (TPSA) is 118 Å². The van der Waals surface area contributed by atoms with E-state index in [1.54, 1.807) is 38.1 Å². The van der Waals surface area contributed by atoms with Gasteiger partial charge in [-0.15, -0.1) is 0 Å². The highest BCUT2D eigenvalue weighted by Crippen LogP contribution is 2.31. The van der Waals surface area contributed by atoms with Gasteiger partial charge in [0.2, 0.25) is 0 Å². The fraction of sp³-hybridized carbons (Fsp3) is 0.429. The molecule has 2 aliphatic heterocycles. The number of sulfone groups is 1. The average Bonchev–Trinajstić information content (AvgIpc) is 3.30. The predicted molar refractivity (Wildman–Crippen MR) is 112 cm³/mol. The SMILES string of the molecule is Cc1cc(C(=O)CN2C(=O)NC(C)(c3ccccn3)C2=O)c(C)n1C1CCS(=O)(=O)C1. The number of aromatic nitrogens is 2. The van der Waals surface area contributed by atoms with Crippen LogP contribution >= 0.6 is 0 Å². The predicted octanol–water partition coefficient (Wildman–Crippen LogP) is 1.51. The Morgan fingerprint density at radius 2 is 2.03 bits per heavy atom. The number of Topliss-reactive ketones (excluding diaryl/α,β-unsaturated/α-hetero) is 1. The number of aryl methyl sites for hydroxylation is 1. The van der Waals surface area contributed by atoms with E-state index in [1.165, 1.54) is 6.20 Å². The van der Waals surface area contributed by atoms with Crippen LogP contribution in [0.5, 0.6) is 0 Å².